The van der Waals surface area contributed by atoms with Gasteiger partial charge in [-0.15, -0.1) is 0 Å². The van der Waals surface area contributed by atoms with Gasteiger partial charge in [-0.3, -0.25) is 9.59 Å². The third-order valence-corrected chi connectivity index (χ3v) is 7.29. The predicted octanol–water partition coefficient (Wildman–Crippen LogP) is 2.40. The Hall–Kier alpha value is -3.92. The van der Waals surface area contributed by atoms with Crippen molar-refractivity contribution in [1.82, 2.24) is 14.5 Å². The van der Waals surface area contributed by atoms with Gasteiger partial charge in [0.2, 0.25) is 0 Å². The highest BCUT2D eigenvalue weighted by Gasteiger charge is 2.25. The minimum Gasteiger partial charge on any atom is -0.464 e. The number of hydrogen-bond acceptors (Lipinski definition) is 7. The van der Waals surface area contributed by atoms with E-state index in [1.54, 1.807) is 64.5 Å². The Morgan fingerprint density at radius 3 is 2.49 bits per heavy atom. The summed E-state index contributed by atoms with van der Waals surface area (Å²) in [5, 5.41) is 0.884. The third-order valence-electron chi connectivity index (χ3n) is 6.17. The molecule has 1 saturated heterocycles. The lowest BCUT2D eigenvalue weighted by atomic mass is 10.1. The Morgan fingerprint density at radius 2 is 1.77 bits per heavy atom. The Morgan fingerprint density at radius 1 is 1.03 bits per heavy atom. The molecule has 3 heterocycles. The largest absolute Gasteiger partial charge is 0.464 e. The van der Waals surface area contributed by atoms with E-state index in [1.165, 1.54) is 0 Å². The SMILES string of the molecule is CS(=O)(=O)c1ccc(Cn2ccnc(N3CCN(C(=O)c4ccc5occc5c4)CC3)c2=O)cc1. The Kier molecular flexibility index (Phi) is 5.89. The summed E-state index contributed by atoms with van der Waals surface area (Å²) in [4.78, 5) is 34.3. The fourth-order valence-corrected chi connectivity index (χ4v) is 4.85. The van der Waals surface area contributed by atoms with Crippen molar-refractivity contribution in [2.45, 2.75) is 11.4 Å². The van der Waals surface area contributed by atoms with Crippen LogP contribution >= 0.6 is 0 Å². The third kappa shape index (κ3) is 4.69. The Bertz CT molecular complexity index is 1550. The van der Waals surface area contributed by atoms with Crippen molar-refractivity contribution in [1.29, 1.82) is 0 Å². The summed E-state index contributed by atoms with van der Waals surface area (Å²) in [5.41, 5.74) is 1.92. The topological polar surface area (TPSA) is 106 Å². The van der Waals surface area contributed by atoms with Crippen molar-refractivity contribution < 1.29 is 17.6 Å². The highest BCUT2D eigenvalue weighted by molar-refractivity contribution is 7.90. The van der Waals surface area contributed by atoms with Crippen LogP contribution in [0.1, 0.15) is 15.9 Å². The number of carbonyl (C=O) groups excluding carboxylic acids is 1. The normalized spacial score (nSPS) is 14.4. The minimum atomic E-state index is -3.27. The van der Waals surface area contributed by atoms with Crippen LogP contribution in [-0.2, 0) is 16.4 Å². The van der Waals surface area contributed by atoms with Gasteiger partial charge in [0.25, 0.3) is 11.5 Å². The van der Waals surface area contributed by atoms with Crippen LogP contribution in [-0.4, -0.2) is 61.2 Å². The van der Waals surface area contributed by atoms with Crippen molar-refractivity contribution in [3.63, 3.8) is 0 Å². The van der Waals surface area contributed by atoms with E-state index in [4.69, 9.17) is 4.42 Å². The fourth-order valence-electron chi connectivity index (χ4n) is 4.22. The van der Waals surface area contributed by atoms with Gasteiger partial charge in [0.05, 0.1) is 17.7 Å². The molecule has 0 bridgehead atoms. The van der Waals surface area contributed by atoms with Crippen molar-refractivity contribution in [2.75, 3.05) is 37.3 Å². The predicted molar refractivity (Wildman–Crippen MR) is 131 cm³/mol. The van der Waals surface area contributed by atoms with Gasteiger partial charge in [0, 0.05) is 55.8 Å². The van der Waals surface area contributed by atoms with E-state index in [0.29, 0.717) is 44.1 Å². The highest BCUT2D eigenvalue weighted by atomic mass is 32.2. The zero-order valence-corrected chi connectivity index (χ0v) is 19.9. The molecule has 1 aliphatic heterocycles. The van der Waals surface area contributed by atoms with E-state index in [0.717, 1.165) is 22.8 Å². The van der Waals surface area contributed by atoms with Crippen molar-refractivity contribution in [3.8, 4) is 0 Å². The number of benzene rings is 2. The summed E-state index contributed by atoms with van der Waals surface area (Å²) in [6.45, 7) is 2.24. The second-order valence-electron chi connectivity index (χ2n) is 8.55. The van der Waals surface area contributed by atoms with Gasteiger partial charge in [-0.2, -0.15) is 0 Å². The summed E-state index contributed by atoms with van der Waals surface area (Å²) >= 11 is 0. The molecule has 0 radical (unpaired) electrons. The van der Waals surface area contributed by atoms with Gasteiger partial charge < -0.3 is 18.8 Å². The number of piperazine rings is 1. The van der Waals surface area contributed by atoms with E-state index in [9.17, 15) is 18.0 Å². The first-order chi connectivity index (χ1) is 16.8. The first-order valence-electron chi connectivity index (χ1n) is 11.2. The van der Waals surface area contributed by atoms with E-state index in [1.807, 2.05) is 17.0 Å². The molecule has 5 rings (SSSR count). The molecule has 1 amide bonds. The number of carbonyl (C=O) groups is 1. The molecule has 2 aromatic carbocycles. The fraction of sp³-hybridized carbons (Fsp3) is 0.240. The lowest BCUT2D eigenvalue weighted by molar-refractivity contribution is 0.0746. The second-order valence-corrected chi connectivity index (χ2v) is 10.6. The monoisotopic (exact) mass is 492 g/mol. The molecule has 0 unspecified atom stereocenters. The van der Waals surface area contributed by atoms with Crippen LogP contribution in [0.4, 0.5) is 5.82 Å². The van der Waals surface area contributed by atoms with E-state index >= 15 is 0 Å². The Balaban J connectivity index is 1.27. The first-order valence-corrected chi connectivity index (χ1v) is 13.0. The molecule has 10 heteroatoms. The molecule has 4 aromatic rings. The van der Waals surface area contributed by atoms with Crippen LogP contribution in [0.25, 0.3) is 11.0 Å². The number of amides is 1. The number of nitrogens with zero attached hydrogens (tertiary/aromatic N) is 4. The van der Waals surface area contributed by atoms with Crippen LogP contribution in [0.2, 0.25) is 0 Å². The number of sulfone groups is 1. The molecule has 1 aliphatic rings. The minimum absolute atomic E-state index is 0.0521. The van der Waals surface area contributed by atoms with Gasteiger partial charge in [0.15, 0.2) is 15.7 Å². The summed E-state index contributed by atoms with van der Waals surface area (Å²) < 4.78 is 30.2. The molecule has 1 fully saturated rings. The average molecular weight is 493 g/mol. The molecule has 35 heavy (non-hydrogen) atoms. The lowest BCUT2D eigenvalue weighted by Gasteiger charge is -2.35. The van der Waals surface area contributed by atoms with Crippen LogP contribution in [0.15, 0.2) is 81.3 Å². The van der Waals surface area contributed by atoms with Crippen molar-refractivity contribution in [3.05, 3.63) is 88.7 Å². The molecule has 0 spiro atoms. The quantitative estimate of drug-likeness (QED) is 0.421. The maximum atomic E-state index is 13.1. The van der Waals surface area contributed by atoms with Crippen molar-refractivity contribution >= 4 is 32.5 Å². The highest BCUT2D eigenvalue weighted by Crippen LogP contribution is 2.19. The van der Waals surface area contributed by atoms with Gasteiger partial charge in [0.1, 0.15) is 5.58 Å². The van der Waals surface area contributed by atoms with Gasteiger partial charge >= 0.3 is 0 Å². The zero-order chi connectivity index (χ0) is 24.6. The second kappa shape index (κ2) is 9.03. The van der Waals surface area contributed by atoms with E-state index < -0.39 is 9.84 Å². The molecule has 0 aliphatic carbocycles. The molecular weight excluding hydrogens is 468 g/mol. The number of anilines is 1. The number of furan rings is 1. The lowest BCUT2D eigenvalue weighted by Crippen LogP contribution is -2.50. The number of aromatic nitrogens is 2. The van der Waals surface area contributed by atoms with E-state index in [2.05, 4.69) is 4.98 Å². The molecule has 0 N–H and O–H groups in total. The van der Waals surface area contributed by atoms with Gasteiger partial charge in [-0.05, 0) is 42.0 Å². The number of fused-ring (bicyclic) bond motifs is 1. The number of rotatable bonds is 5. The van der Waals surface area contributed by atoms with Gasteiger partial charge in [-0.25, -0.2) is 13.4 Å². The standard InChI is InChI=1S/C25H24N4O5S/c1-35(32,33)21-5-2-18(3-6-21)17-29-10-9-26-23(25(29)31)27-11-13-28(14-12-27)24(30)20-4-7-22-19(16-20)8-15-34-22/h2-10,15-16H,11-14,17H2,1H3. The maximum Gasteiger partial charge on any atom is 0.293 e. The number of hydrogen-bond donors (Lipinski definition) is 0. The van der Waals surface area contributed by atoms with Crippen LogP contribution in [0.3, 0.4) is 0 Å². The van der Waals surface area contributed by atoms with Crippen LogP contribution in [0.5, 0.6) is 0 Å². The smallest absolute Gasteiger partial charge is 0.293 e. The first kappa shape index (κ1) is 22.9. The average Bonchev–Trinajstić information content (AvgIpc) is 3.33. The van der Waals surface area contributed by atoms with Gasteiger partial charge in [-0.1, -0.05) is 12.1 Å². The zero-order valence-electron chi connectivity index (χ0n) is 19.1. The summed E-state index contributed by atoms with van der Waals surface area (Å²) in [5.74, 6) is 0.288. The summed E-state index contributed by atoms with van der Waals surface area (Å²) in [7, 11) is -3.27. The van der Waals surface area contributed by atoms with Crippen LogP contribution in [0, 0.1) is 0 Å². The Labute approximate surface area is 202 Å². The maximum absolute atomic E-state index is 13.1. The van der Waals surface area contributed by atoms with E-state index in [-0.39, 0.29) is 16.4 Å². The molecule has 2 aromatic heterocycles. The molecule has 9 nitrogen and oxygen atoms in total. The molecule has 180 valence electrons. The molecule has 0 saturated carbocycles. The summed E-state index contributed by atoms with van der Waals surface area (Å²) in [6.07, 6.45) is 5.95. The van der Waals surface area contributed by atoms with Crippen molar-refractivity contribution in [2.24, 2.45) is 0 Å². The summed E-state index contributed by atoms with van der Waals surface area (Å²) in [6, 6.07) is 13.7. The van der Waals surface area contributed by atoms with Crippen LogP contribution < -0.4 is 10.5 Å². The molecule has 0 atom stereocenters. The molecular formula is C25H24N4O5S.